The molecule has 0 amide bonds. The number of hydrogen-bond donors (Lipinski definition) is 0. The molecule has 3 rings (SSSR count). The number of carbonyl (C=O) groups is 1. The highest BCUT2D eigenvalue weighted by molar-refractivity contribution is 7.90. The van der Waals surface area contributed by atoms with Gasteiger partial charge >= 0.3 is 6.18 Å². The van der Waals surface area contributed by atoms with E-state index in [4.69, 9.17) is 4.74 Å². The molecule has 35 heavy (non-hydrogen) atoms. The van der Waals surface area contributed by atoms with Crippen LogP contribution in [0.2, 0.25) is 0 Å². The van der Waals surface area contributed by atoms with Crippen molar-refractivity contribution in [3.8, 4) is 5.75 Å². The van der Waals surface area contributed by atoms with E-state index in [-0.39, 0.29) is 18.0 Å². The lowest BCUT2D eigenvalue weighted by atomic mass is 9.91. The molecule has 0 saturated carbocycles. The van der Waals surface area contributed by atoms with Gasteiger partial charge in [0, 0.05) is 31.7 Å². The molecule has 1 aliphatic heterocycles. The summed E-state index contributed by atoms with van der Waals surface area (Å²) < 4.78 is 68.0. The maximum atomic E-state index is 13.2. The zero-order valence-electron chi connectivity index (χ0n) is 20.2. The average molecular weight is 513 g/mol. The molecule has 1 aromatic heterocycles. The molecule has 10 heteroatoms. The van der Waals surface area contributed by atoms with Gasteiger partial charge in [-0.25, -0.2) is 13.4 Å². The third kappa shape index (κ3) is 7.19. The van der Waals surface area contributed by atoms with Crippen LogP contribution in [0.15, 0.2) is 30.3 Å². The Balaban J connectivity index is 1.73. The summed E-state index contributed by atoms with van der Waals surface area (Å²) in [7, 11) is -1.63. The molecular weight excluding hydrogens is 481 g/mol. The number of alkyl halides is 3. The van der Waals surface area contributed by atoms with Crippen LogP contribution in [0.1, 0.15) is 54.5 Å². The highest BCUT2D eigenvalue weighted by Crippen LogP contribution is 2.33. The number of pyridine rings is 1. The van der Waals surface area contributed by atoms with Crippen LogP contribution >= 0.6 is 0 Å². The number of carbonyl (C=O) groups excluding carboxylic acids is 1. The first kappa shape index (κ1) is 27.0. The number of aryl methyl sites for hydroxylation is 2. The number of hydrogen-bond acceptors (Lipinski definition) is 6. The Hall–Kier alpha value is -2.62. The van der Waals surface area contributed by atoms with E-state index in [9.17, 15) is 26.4 Å². The van der Waals surface area contributed by atoms with Crippen LogP contribution in [-0.4, -0.2) is 51.4 Å². The van der Waals surface area contributed by atoms with Crippen LogP contribution in [0, 0.1) is 0 Å². The number of ether oxygens (including phenoxy) is 1. The van der Waals surface area contributed by atoms with Gasteiger partial charge in [0.2, 0.25) is 0 Å². The Labute approximate surface area is 204 Å². The quantitative estimate of drug-likeness (QED) is 0.463. The Kier molecular flexibility index (Phi) is 8.46. The number of methoxy groups -OCH3 is 1. The van der Waals surface area contributed by atoms with Crippen LogP contribution in [0.25, 0.3) is 0 Å². The highest BCUT2D eigenvalue weighted by atomic mass is 32.2. The lowest BCUT2D eigenvalue weighted by Gasteiger charge is -2.22. The van der Waals surface area contributed by atoms with Crippen molar-refractivity contribution < 1.29 is 31.1 Å². The second kappa shape index (κ2) is 11.0. The second-order valence-corrected chi connectivity index (χ2v) is 11.3. The number of Topliss-reactive ketones (excluding diaryl/α,β-unsaturated/α-hetero) is 1. The van der Waals surface area contributed by atoms with E-state index in [1.807, 2.05) is 4.90 Å². The van der Waals surface area contributed by atoms with E-state index in [2.05, 4.69) is 4.98 Å². The number of ketones is 1. The number of aromatic nitrogens is 1. The van der Waals surface area contributed by atoms with Crippen molar-refractivity contribution in [2.24, 2.45) is 0 Å². The van der Waals surface area contributed by atoms with Gasteiger partial charge in [-0.1, -0.05) is 25.1 Å². The fourth-order valence-electron chi connectivity index (χ4n) is 4.23. The van der Waals surface area contributed by atoms with Crippen molar-refractivity contribution in [1.82, 2.24) is 4.98 Å². The molecule has 6 nitrogen and oxygen atoms in total. The number of nitrogens with zero attached hydrogens (tertiary/aromatic N) is 2. The van der Waals surface area contributed by atoms with Gasteiger partial charge in [0.1, 0.15) is 32.9 Å². The van der Waals surface area contributed by atoms with Gasteiger partial charge in [-0.2, -0.15) is 13.2 Å². The van der Waals surface area contributed by atoms with Gasteiger partial charge in [-0.15, -0.1) is 0 Å². The summed E-state index contributed by atoms with van der Waals surface area (Å²) in [4.78, 5) is 18.7. The van der Waals surface area contributed by atoms with Gasteiger partial charge in [0.05, 0.1) is 12.9 Å². The maximum absolute atomic E-state index is 13.2. The number of benzene rings is 1. The molecule has 0 radical (unpaired) electrons. The summed E-state index contributed by atoms with van der Waals surface area (Å²) in [5, 5.41) is 0. The average Bonchev–Trinajstić information content (AvgIpc) is 3.34. The van der Waals surface area contributed by atoms with E-state index in [1.54, 1.807) is 25.1 Å². The van der Waals surface area contributed by atoms with E-state index in [1.165, 1.54) is 19.4 Å². The molecule has 0 bridgehead atoms. The molecule has 2 aromatic rings. The molecule has 1 unspecified atom stereocenters. The van der Waals surface area contributed by atoms with Crippen molar-refractivity contribution >= 4 is 21.4 Å². The number of rotatable bonds is 10. The minimum absolute atomic E-state index is 0.00228. The number of sulfone groups is 1. The Morgan fingerprint density at radius 3 is 2.37 bits per heavy atom. The van der Waals surface area contributed by atoms with Crippen LogP contribution in [0.5, 0.6) is 5.75 Å². The third-order valence-corrected chi connectivity index (χ3v) is 7.27. The largest absolute Gasteiger partial charge is 0.496 e. The molecule has 1 aliphatic rings. The first-order valence-corrected chi connectivity index (χ1v) is 13.6. The molecule has 0 N–H and O–H groups in total. The smallest absolute Gasteiger partial charge is 0.433 e. The topological polar surface area (TPSA) is 76.6 Å². The maximum Gasteiger partial charge on any atom is 0.433 e. The minimum Gasteiger partial charge on any atom is -0.496 e. The van der Waals surface area contributed by atoms with Gasteiger partial charge < -0.3 is 9.64 Å². The molecule has 1 saturated heterocycles. The van der Waals surface area contributed by atoms with Gasteiger partial charge in [0.15, 0.2) is 0 Å². The molecule has 1 fully saturated rings. The van der Waals surface area contributed by atoms with Crippen LogP contribution in [-0.2, 0) is 33.6 Å². The monoisotopic (exact) mass is 512 g/mol. The number of halogens is 3. The molecule has 2 heterocycles. The Bertz CT molecular complexity index is 1160. The normalized spacial score (nSPS) is 15.3. The molecule has 0 aliphatic carbocycles. The molecule has 0 spiro atoms. The lowest BCUT2D eigenvalue weighted by molar-refractivity contribution is -0.141. The van der Waals surface area contributed by atoms with Crippen molar-refractivity contribution in [1.29, 1.82) is 0 Å². The van der Waals surface area contributed by atoms with Gasteiger partial charge in [-0.05, 0) is 54.5 Å². The van der Waals surface area contributed by atoms with Crippen LogP contribution < -0.4 is 9.64 Å². The first-order chi connectivity index (χ1) is 16.4. The SMILES string of the molecule is COc1cc(C(C)C(=O)CCc2ccc(C(F)(F)F)nc2N2CCCC2)ccc1CCS(C)(=O)=O. The summed E-state index contributed by atoms with van der Waals surface area (Å²) >= 11 is 0. The second-order valence-electron chi connectivity index (χ2n) is 9.01. The number of anilines is 1. The summed E-state index contributed by atoms with van der Waals surface area (Å²) in [5.74, 6) is 0.329. The zero-order chi connectivity index (χ0) is 25.8. The van der Waals surface area contributed by atoms with Crippen molar-refractivity contribution in [2.45, 2.75) is 51.1 Å². The third-order valence-electron chi connectivity index (χ3n) is 6.33. The predicted octanol–water partition coefficient (Wildman–Crippen LogP) is 4.60. The standard InChI is InChI=1S/C25H31F3N2O4S/c1-17(20-7-6-18(22(16-20)34-2)12-15-35(3,32)33)21(31)10-8-19-9-11-23(25(26,27)28)29-24(19)30-13-4-5-14-30/h6-7,9,11,16-17H,4-5,8,10,12-15H2,1-3H3. The summed E-state index contributed by atoms with van der Waals surface area (Å²) in [6, 6.07) is 7.71. The van der Waals surface area contributed by atoms with E-state index in [0.717, 1.165) is 30.0 Å². The van der Waals surface area contributed by atoms with E-state index < -0.39 is 27.6 Å². The van der Waals surface area contributed by atoms with Crippen molar-refractivity contribution in [3.05, 3.63) is 52.7 Å². The molecular formula is C25H31F3N2O4S. The Morgan fingerprint density at radius 1 is 1.11 bits per heavy atom. The zero-order valence-corrected chi connectivity index (χ0v) is 21.0. The summed E-state index contributed by atoms with van der Waals surface area (Å²) in [5.41, 5.74) is 1.19. The summed E-state index contributed by atoms with van der Waals surface area (Å²) in [6.07, 6.45) is -0.786. The van der Waals surface area contributed by atoms with Gasteiger partial charge in [0.25, 0.3) is 0 Å². The van der Waals surface area contributed by atoms with Crippen molar-refractivity contribution in [2.75, 3.05) is 37.1 Å². The van der Waals surface area contributed by atoms with Crippen molar-refractivity contribution in [3.63, 3.8) is 0 Å². The van der Waals surface area contributed by atoms with Crippen LogP contribution in [0.4, 0.5) is 19.0 Å². The summed E-state index contributed by atoms with van der Waals surface area (Å²) in [6.45, 7) is 3.08. The fourth-order valence-corrected chi connectivity index (χ4v) is 4.82. The molecule has 1 atom stereocenters. The first-order valence-electron chi connectivity index (χ1n) is 11.6. The minimum atomic E-state index is -4.52. The Morgan fingerprint density at radius 2 is 1.77 bits per heavy atom. The molecule has 1 aromatic carbocycles. The van der Waals surface area contributed by atoms with E-state index >= 15 is 0 Å². The highest BCUT2D eigenvalue weighted by Gasteiger charge is 2.34. The fraction of sp³-hybridized carbons (Fsp3) is 0.520. The van der Waals surface area contributed by atoms with E-state index in [0.29, 0.717) is 43.1 Å². The molecule has 192 valence electrons. The van der Waals surface area contributed by atoms with Crippen LogP contribution in [0.3, 0.4) is 0 Å². The van der Waals surface area contributed by atoms with Gasteiger partial charge in [-0.3, -0.25) is 4.79 Å². The predicted molar refractivity (Wildman–Crippen MR) is 129 cm³/mol. The lowest BCUT2D eigenvalue weighted by Crippen LogP contribution is -2.23.